The van der Waals surface area contributed by atoms with Crippen molar-refractivity contribution >= 4 is 29.4 Å². The monoisotopic (exact) mass is 484 g/mol. The predicted octanol–water partition coefficient (Wildman–Crippen LogP) is 2.69. The van der Waals surface area contributed by atoms with Crippen LogP contribution in [0.5, 0.6) is 0 Å². The lowest BCUT2D eigenvalue weighted by Gasteiger charge is -2.23. The van der Waals surface area contributed by atoms with Crippen LogP contribution in [0.1, 0.15) is 64.4 Å². The van der Waals surface area contributed by atoms with E-state index in [1.54, 1.807) is 0 Å². The third-order valence-corrected chi connectivity index (χ3v) is 5.37. The fraction of sp³-hybridized carbons (Fsp3) is 0.519. The molecule has 0 fully saturated rings. The van der Waals surface area contributed by atoms with Crippen molar-refractivity contribution < 1.29 is 29.1 Å². The van der Waals surface area contributed by atoms with Crippen LogP contribution >= 0.6 is 0 Å². The van der Waals surface area contributed by atoms with Gasteiger partial charge in [0.15, 0.2) is 11.6 Å². The highest BCUT2D eigenvalue weighted by atomic mass is 16.4. The van der Waals surface area contributed by atoms with E-state index >= 15 is 0 Å². The van der Waals surface area contributed by atoms with Gasteiger partial charge in [-0.2, -0.15) is 0 Å². The Morgan fingerprint density at radius 2 is 1.71 bits per heavy atom. The molecule has 2 atom stereocenters. The first-order valence-electron chi connectivity index (χ1n) is 11.9. The number of hydrogen-bond acceptors (Lipinski definition) is 5. The molecule has 0 aliphatic heterocycles. The molecule has 8 nitrogen and oxygen atoms in total. The highest BCUT2D eigenvalue weighted by molar-refractivity contribution is 5.93. The molecule has 0 radical (unpaired) electrons. The van der Waals surface area contributed by atoms with E-state index in [4.69, 9.17) is 11.5 Å². The molecule has 0 spiro atoms. The zero-order chi connectivity index (χ0) is 26.2. The van der Waals surface area contributed by atoms with E-state index < -0.39 is 23.8 Å². The molecule has 8 heteroatoms. The summed E-state index contributed by atoms with van der Waals surface area (Å²) in [4.78, 5) is 61.1. The molecule has 35 heavy (non-hydrogen) atoms. The molecule has 0 aromatic heterocycles. The molecule has 1 rings (SSSR count). The average molecular weight is 485 g/mol. The van der Waals surface area contributed by atoms with Crippen LogP contribution in [0.2, 0.25) is 0 Å². The Balaban J connectivity index is 2.88. The van der Waals surface area contributed by atoms with Crippen LogP contribution < -0.4 is 10.6 Å². The van der Waals surface area contributed by atoms with Gasteiger partial charge in [-0.15, -0.1) is 12.3 Å². The fourth-order valence-electron chi connectivity index (χ4n) is 3.58. The molecule has 190 valence electrons. The van der Waals surface area contributed by atoms with Gasteiger partial charge >= 0.3 is 5.97 Å². The van der Waals surface area contributed by atoms with Gasteiger partial charge in [0.05, 0.1) is 19.0 Å². The van der Waals surface area contributed by atoms with Gasteiger partial charge < -0.3 is 15.7 Å². The van der Waals surface area contributed by atoms with Crippen LogP contribution in [0.25, 0.3) is 0 Å². The minimum absolute atomic E-state index is 0.0907. The maximum atomic E-state index is 13.2. The molecule has 0 heterocycles. The van der Waals surface area contributed by atoms with Crippen molar-refractivity contribution in [2.75, 3.05) is 6.54 Å². The number of unbranched alkanes of at least 4 members (excludes halogenated alkanes) is 1. The molecule has 0 bridgehead atoms. The van der Waals surface area contributed by atoms with Crippen LogP contribution in [0.4, 0.5) is 0 Å². The molecule has 1 aromatic carbocycles. The van der Waals surface area contributed by atoms with Crippen LogP contribution in [-0.2, 0) is 30.4 Å². The van der Waals surface area contributed by atoms with Crippen molar-refractivity contribution in [3.05, 3.63) is 35.9 Å². The van der Waals surface area contributed by atoms with E-state index in [2.05, 4.69) is 16.6 Å². The number of carboxylic acid groups (broad SMARTS) is 1. The van der Waals surface area contributed by atoms with Gasteiger partial charge in [0, 0.05) is 31.6 Å². The second-order valence-corrected chi connectivity index (χ2v) is 9.01. The summed E-state index contributed by atoms with van der Waals surface area (Å²) in [5.74, 6) is -0.659. The second kappa shape index (κ2) is 16.2. The SMILES string of the molecule is C#CCCCC(=O)NCC(=O)CC(Cc1ccccc1)C(=O)NC(CC(C)C)C(=O)CCC(=O)O. The van der Waals surface area contributed by atoms with Crippen molar-refractivity contribution in [3.8, 4) is 12.3 Å². The smallest absolute Gasteiger partial charge is 0.303 e. The Morgan fingerprint density at radius 3 is 2.31 bits per heavy atom. The van der Waals surface area contributed by atoms with Gasteiger partial charge in [-0.3, -0.25) is 24.0 Å². The maximum Gasteiger partial charge on any atom is 0.303 e. The molecular formula is C27H36N2O6. The molecule has 0 aliphatic carbocycles. The highest BCUT2D eigenvalue weighted by Crippen LogP contribution is 2.16. The van der Waals surface area contributed by atoms with Gasteiger partial charge in [-0.1, -0.05) is 44.2 Å². The number of rotatable bonds is 17. The van der Waals surface area contributed by atoms with E-state index in [1.807, 2.05) is 44.2 Å². The number of aliphatic carboxylic acids is 1. The van der Waals surface area contributed by atoms with E-state index in [1.165, 1.54) is 0 Å². The van der Waals surface area contributed by atoms with Gasteiger partial charge in [-0.25, -0.2) is 0 Å². The summed E-state index contributed by atoms with van der Waals surface area (Å²) in [7, 11) is 0. The number of carbonyl (C=O) groups excluding carboxylic acids is 4. The Hall–Kier alpha value is -3.47. The van der Waals surface area contributed by atoms with Gasteiger partial charge in [0.25, 0.3) is 0 Å². The van der Waals surface area contributed by atoms with E-state index in [0.29, 0.717) is 19.3 Å². The fourth-order valence-corrected chi connectivity index (χ4v) is 3.58. The minimum atomic E-state index is -1.08. The summed E-state index contributed by atoms with van der Waals surface area (Å²) in [6.07, 6.45) is 6.45. The third-order valence-electron chi connectivity index (χ3n) is 5.37. The standard InChI is InChI=1S/C27H36N2O6/c1-4-5-7-12-25(32)28-18-22(30)17-21(16-20-10-8-6-9-11-20)27(35)29-23(15-19(2)3)24(31)13-14-26(33)34/h1,6,8-11,19,21,23H,5,7,12-18H2,2-3H3,(H,28,32)(H,29,35)(H,33,34). The molecule has 3 N–H and O–H groups in total. The molecular weight excluding hydrogens is 448 g/mol. The van der Waals surface area contributed by atoms with Crippen LogP contribution in [0.3, 0.4) is 0 Å². The zero-order valence-corrected chi connectivity index (χ0v) is 20.5. The van der Waals surface area contributed by atoms with Gasteiger partial charge in [0.1, 0.15) is 0 Å². The number of amides is 2. The molecule has 0 aliphatic rings. The number of hydrogen-bond donors (Lipinski definition) is 3. The Labute approximate surface area is 207 Å². The lowest BCUT2D eigenvalue weighted by atomic mass is 9.91. The van der Waals surface area contributed by atoms with Crippen molar-refractivity contribution in [1.29, 1.82) is 0 Å². The molecule has 0 saturated heterocycles. The number of nitrogens with one attached hydrogen (secondary N) is 2. The molecule has 1 aromatic rings. The summed E-state index contributed by atoms with van der Waals surface area (Å²) in [6, 6.07) is 8.38. The summed E-state index contributed by atoms with van der Waals surface area (Å²) in [5.41, 5.74) is 0.858. The number of ketones is 2. The normalized spacial score (nSPS) is 12.3. The van der Waals surface area contributed by atoms with Crippen LogP contribution in [0.15, 0.2) is 30.3 Å². The number of benzene rings is 1. The van der Waals surface area contributed by atoms with E-state index in [-0.39, 0.29) is 62.0 Å². The van der Waals surface area contributed by atoms with Crippen molar-refractivity contribution in [1.82, 2.24) is 10.6 Å². The largest absolute Gasteiger partial charge is 0.481 e. The maximum absolute atomic E-state index is 13.2. The van der Waals surface area contributed by atoms with Crippen molar-refractivity contribution in [3.63, 3.8) is 0 Å². The van der Waals surface area contributed by atoms with Crippen LogP contribution in [0, 0.1) is 24.2 Å². The number of terminal acetylenes is 1. The zero-order valence-electron chi connectivity index (χ0n) is 20.5. The quantitative estimate of drug-likeness (QED) is 0.230. The van der Waals surface area contributed by atoms with Crippen LogP contribution in [-0.4, -0.2) is 47.0 Å². The van der Waals surface area contributed by atoms with E-state index in [0.717, 1.165) is 5.56 Å². The number of carbonyl (C=O) groups is 5. The first-order chi connectivity index (χ1) is 16.6. The molecule has 2 unspecified atom stereocenters. The summed E-state index contributed by atoms with van der Waals surface area (Å²) >= 11 is 0. The average Bonchev–Trinajstić information content (AvgIpc) is 2.80. The Kier molecular flexibility index (Phi) is 13.7. The topological polar surface area (TPSA) is 130 Å². The lowest BCUT2D eigenvalue weighted by Crippen LogP contribution is -2.45. The third kappa shape index (κ3) is 13.1. The Bertz CT molecular complexity index is 904. The number of Topliss-reactive ketones (excluding diaryl/α,β-unsaturated/α-hetero) is 2. The van der Waals surface area contributed by atoms with Crippen molar-refractivity contribution in [2.24, 2.45) is 11.8 Å². The number of carboxylic acids is 1. The van der Waals surface area contributed by atoms with Crippen molar-refractivity contribution in [2.45, 2.75) is 71.3 Å². The summed E-state index contributed by atoms with van der Waals surface area (Å²) in [5, 5.41) is 14.2. The highest BCUT2D eigenvalue weighted by Gasteiger charge is 2.28. The van der Waals surface area contributed by atoms with Gasteiger partial charge in [-0.05, 0) is 30.7 Å². The lowest BCUT2D eigenvalue weighted by molar-refractivity contribution is -0.139. The molecule has 0 saturated carbocycles. The first-order valence-corrected chi connectivity index (χ1v) is 11.9. The predicted molar refractivity (Wildman–Crippen MR) is 132 cm³/mol. The van der Waals surface area contributed by atoms with Gasteiger partial charge in [0.2, 0.25) is 11.8 Å². The molecule has 2 amide bonds. The summed E-state index contributed by atoms with van der Waals surface area (Å²) < 4.78 is 0. The minimum Gasteiger partial charge on any atom is -0.481 e. The second-order valence-electron chi connectivity index (χ2n) is 9.01. The first kappa shape index (κ1) is 29.6. The Morgan fingerprint density at radius 1 is 1.03 bits per heavy atom. The summed E-state index contributed by atoms with van der Waals surface area (Å²) in [6.45, 7) is 3.61. The van der Waals surface area contributed by atoms with E-state index in [9.17, 15) is 24.0 Å².